The van der Waals surface area contributed by atoms with Gasteiger partial charge in [-0.1, -0.05) is 36.4 Å². The molecule has 1 aliphatic rings. The zero-order valence-corrected chi connectivity index (χ0v) is 12.0. The van der Waals surface area contributed by atoms with E-state index in [1.165, 1.54) is 0 Å². The topological polar surface area (TPSA) is 66.4 Å². The van der Waals surface area contributed by atoms with E-state index in [9.17, 15) is 9.59 Å². The van der Waals surface area contributed by atoms with Crippen molar-refractivity contribution < 1.29 is 14.7 Å². The molecule has 1 unspecified atom stereocenters. The maximum absolute atomic E-state index is 12.1. The van der Waals surface area contributed by atoms with E-state index in [1.54, 1.807) is 6.08 Å². The lowest BCUT2D eigenvalue weighted by molar-refractivity contribution is -0.141. The average molecular weight is 287 g/mol. The van der Waals surface area contributed by atoms with E-state index in [1.807, 2.05) is 30.3 Å². The molecule has 1 aromatic carbocycles. The third-order valence-electron chi connectivity index (χ3n) is 4.06. The van der Waals surface area contributed by atoms with Gasteiger partial charge in [-0.3, -0.25) is 9.59 Å². The molecular weight excluding hydrogens is 266 g/mol. The molecule has 0 aromatic heterocycles. The summed E-state index contributed by atoms with van der Waals surface area (Å²) in [5, 5.41) is 11.9. The van der Waals surface area contributed by atoms with Crippen LogP contribution < -0.4 is 5.32 Å². The number of allylic oxidation sites excluding steroid dienone is 1. The Morgan fingerprint density at radius 2 is 2.05 bits per heavy atom. The van der Waals surface area contributed by atoms with Gasteiger partial charge in [0.05, 0.1) is 5.92 Å². The second-order valence-electron chi connectivity index (χ2n) is 5.57. The highest BCUT2D eigenvalue weighted by molar-refractivity contribution is 5.78. The molecule has 21 heavy (non-hydrogen) atoms. The van der Waals surface area contributed by atoms with E-state index in [0.717, 1.165) is 12.0 Å². The van der Waals surface area contributed by atoms with Crippen LogP contribution in [0.4, 0.5) is 0 Å². The Kier molecular flexibility index (Phi) is 5.14. The van der Waals surface area contributed by atoms with Crippen LogP contribution in [0.1, 0.15) is 37.2 Å². The molecule has 4 nitrogen and oxygen atoms in total. The first-order chi connectivity index (χ1) is 10.1. The minimum absolute atomic E-state index is 0.0112. The third kappa shape index (κ3) is 4.18. The molecule has 0 saturated heterocycles. The van der Waals surface area contributed by atoms with Crippen LogP contribution in [0, 0.1) is 5.92 Å². The van der Waals surface area contributed by atoms with Gasteiger partial charge in [0.2, 0.25) is 5.91 Å². The number of carbonyl (C=O) groups is 2. The lowest BCUT2D eigenvalue weighted by atomic mass is 9.95. The van der Waals surface area contributed by atoms with E-state index >= 15 is 0 Å². The predicted molar refractivity (Wildman–Crippen MR) is 80.9 cm³/mol. The van der Waals surface area contributed by atoms with Gasteiger partial charge in [-0.05, 0) is 24.8 Å². The Bertz CT molecular complexity index is 512. The highest BCUT2D eigenvalue weighted by Gasteiger charge is 2.30. The van der Waals surface area contributed by atoms with Crippen molar-refractivity contribution in [3.8, 4) is 0 Å². The van der Waals surface area contributed by atoms with Crippen LogP contribution in [0.3, 0.4) is 0 Å². The number of aliphatic carboxylic acids is 1. The number of rotatable bonds is 6. The van der Waals surface area contributed by atoms with Crippen LogP contribution in [0.2, 0.25) is 0 Å². The molecule has 0 spiro atoms. The summed E-state index contributed by atoms with van der Waals surface area (Å²) in [7, 11) is 0. The van der Waals surface area contributed by atoms with Crippen molar-refractivity contribution in [2.24, 2.45) is 5.92 Å². The summed E-state index contributed by atoms with van der Waals surface area (Å²) >= 11 is 0. The molecular formula is C17H21NO3. The quantitative estimate of drug-likeness (QED) is 0.791. The van der Waals surface area contributed by atoms with Crippen molar-refractivity contribution in [2.75, 3.05) is 0 Å². The lowest BCUT2D eigenvalue weighted by Gasteiger charge is -2.16. The molecule has 112 valence electrons. The molecule has 1 fully saturated rings. The third-order valence-corrected chi connectivity index (χ3v) is 4.06. The Morgan fingerprint density at radius 1 is 1.33 bits per heavy atom. The Balaban J connectivity index is 1.87. The fraction of sp³-hybridized carbons (Fsp3) is 0.412. The summed E-state index contributed by atoms with van der Waals surface area (Å²) in [4.78, 5) is 23.0. The first-order valence-electron chi connectivity index (χ1n) is 7.29. The van der Waals surface area contributed by atoms with Gasteiger partial charge < -0.3 is 10.4 Å². The number of hydrogen-bond donors (Lipinski definition) is 2. The van der Waals surface area contributed by atoms with Crippen LogP contribution >= 0.6 is 0 Å². The van der Waals surface area contributed by atoms with E-state index < -0.39 is 5.97 Å². The highest BCUT2D eigenvalue weighted by atomic mass is 16.4. The SMILES string of the molecule is C=CC(CC(=O)N[C@@H]1CC[C@H](C(=O)O)C1)c1ccccc1. The highest BCUT2D eigenvalue weighted by Crippen LogP contribution is 2.26. The number of carboxylic acid groups (broad SMARTS) is 1. The van der Waals surface area contributed by atoms with Crippen LogP contribution in [0.25, 0.3) is 0 Å². The van der Waals surface area contributed by atoms with Crippen molar-refractivity contribution in [1.82, 2.24) is 5.32 Å². The monoisotopic (exact) mass is 287 g/mol. The van der Waals surface area contributed by atoms with Crippen molar-refractivity contribution in [3.63, 3.8) is 0 Å². The molecule has 2 rings (SSSR count). The molecule has 0 radical (unpaired) electrons. The van der Waals surface area contributed by atoms with Crippen molar-refractivity contribution in [3.05, 3.63) is 48.6 Å². The maximum Gasteiger partial charge on any atom is 0.306 e. The molecule has 2 N–H and O–H groups in total. The van der Waals surface area contributed by atoms with Crippen molar-refractivity contribution >= 4 is 11.9 Å². The molecule has 1 aromatic rings. The largest absolute Gasteiger partial charge is 0.481 e. The summed E-state index contributed by atoms with van der Waals surface area (Å²) in [6.45, 7) is 3.80. The fourth-order valence-corrected chi connectivity index (χ4v) is 2.86. The van der Waals surface area contributed by atoms with Gasteiger partial charge in [0, 0.05) is 18.4 Å². The summed E-state index contributed by atoms with van der Waals surface area (Å²) in [6, 6.07) is 9.77. The van der Waals surface area contributed by atoms with Crippen LogP contribution in [0.15, 0.2) is 43.0 Å². The van der Waals surface area contributed by atoms with Crippen molar-refractivity contribution in [1.29, 1.82) is 0 Å². The summed E-state index contributed by atoms with van der Waals surface area (Å²) in [6.07, 6.45) is 4.05. The molecule has 0 aliphatic heterocycles. The summed E-state index contributed by atoms with van der Waals surface area (Å²) in [5.41, 5.74) is 1.07. The number of carboxylic acids is 1. The number of carbonyl (C=O) groups excluding carboxylic acids is 1. The number of benzene rings is 1. The number of amides is 1. The Morgan fingerprint density at radius 3 is 2.62 bits per heavy atom. The first-order valence-corrected chi connectivity index (χ1v) is 7.29. The van der Waals surface area contributed by atoms with E-state index in [4.69, 9.17) is 5.11 Å². The van der Waals surface area contributed by atoms with E-state index in [-0.39, 0.29) is 23.8 Å². The minimum atomic E-state index is -0.764. The summed E-state index contributed by atoms with van der Waals surface area (Å²) < 4.78 is 0. The second kappa shape index (κ2) is 7.07. The van der Waals surface area contributed by atoms with E-state index in [0.29, 0.717) is 19.3 Å². The lowest BCUT2D eigenvalue weighted by Crippen LogP contribution is -2.34. The number of hydrogen-bond acceptors (Lipinski definition) is 2. The normalized spacial score (nSPS) is 22.5. The van der Waals surface area contributed by atoms with Crippen LogP contribution in [0.5, 0.6) is 0 Å². The van der Waals surface area contributed by atoms with Crippen molar-refractivity contribution in [2.45, 2.75) is 37.6 Å². The molecule has 1 amide bonds. The first kappa shape index (κ1) is 15.3. The predicted octanol–water partition coefficient (Wildman–Crippen LogP) is 2.72. The zero-order valence-electron chi connectivity index (χ0n) is 12.0. The molecule has 1 aliphatic carbocycles. The smallest absolute Gasteiger partial charge is 0.306 e. The van der Waals surface area contributed by atoms with Crippen LogP contribution in [-0.2, 0) is 9.59 Å². The maximum atomic E-state index is 12.1. The van der Waals surface area contributed by atoms with E-state index in [2.05, 4.69) is 11.9 Å². The molecule has 3 atom stereocenters. The Labute approximate surface area is 124 Å². The zero-order chi connectivity index (χ0) is 15.2. The number of nitrogens with one attached hydrogen (secondary N) is 1. The summed E-state index contributed by atoms with van der Waals surface area (Å²) in [5.74, 6) is -1.14. The average Bonchev–Trinajstić information content (AvgIpc) is 2.94. The van der Waals surface area contributed by atoms with Gasteiger partial charge >= 0.3 is 5.97 Å². The fourth-order valence-electron chi connectivity index (χ4n) is 2.86. The minimum Gasteiger partial charge on any atom is -0.481 e. The van der Waals surface area contributed by atoms with Gasteiger partial charge in [0.15, 0.2) is 0 Å². The second-order valence-corrected chi connectivity index (χ2v) is 5.57. The molecule has 0 heterocycles. The van der Waals surface area contributed by atoms with Gasteiger partial charge in [-0.25, -0.2) is 0 Å². The molecule has 4 heteroatoms. The van der Waals surface area contributed by atoms with Gasteiger partial charge in [0.25, 0.3) is 0 Å². The van der Waals surface area contributed by atoms with Crippen LogP contribution in [-0.4, -0.2) is 23.0 Å². The molecule has 0 bridgehead atoms. The van der Waals surface area contributed by atoms with Gasteiger partial charge in [0.1, 0.15) is 0 Å². The van der Waals surface area contributed by atoms with Gasteiger partial charge in [-0.2, -0.15) is 0 Å². The standard InChI is InChI=1S/C17H21NO3/c1-2-12(13-6-4-3-5-7-13)11-16(19)18-15-9-8-14(10-15)17(20)21/h2-7,12,14-15H,1,8-11H2,(H,18,19)(H,20,21)/t12?,14-,15+/m0/s1. The Hall–Kier alpha value is -2.10. The molecule has 1 saturated carbocycles. The van der Waals surface area contributed by atoms with Gasteiger partial charge in [-0.15, -0.1) is 6.58 Å².